The molecule has 146 valence electrons. The van der Waals surface area contributed by atoms with Gasteiger partial charge >= 0.3 is 0 Å². The minimum atomic E-state index is -0.882. The predicted octanol–water partition coefficient (Wildman–Crippen LogP) is 2.72. The number of nitrogens with two attached hydrogens (primary N) is 1. The Kier molecular flexibility index (Phi) is 6.04. The molecule has 2 aromatic carbocycles. The molecule has 1 aromatic heterocycles. The number of hydrogen-bond acceptors (Lipinski definition) is 6. The number of hydrogen-bond donors (Lipinski definition) is 2. The van der Waals surface area contributed by atoms with Crippen LogP contribution in [-0.4, -0.2) is 26.5 Å². The van der Waals surface area contributed by atoms with Crippen LogP contribution in [-0.2, 0) is 11.4 Å². The molecule has 0 radical (unpaired) electrons. The number of benzene rings is 2. The highest BCUT2D eigenvalue weighted by Gasteiger charge is 2.16. The third-order valence-corrected chi connectivity index (χ3v) is 4.43. The Morgan fingerprint density at radius 2 is 1.75 bits per heavy atom. The van der Waals surface area contributed by atoms with Crippen LogP contribution >= 0.6 is 11.8 Å². The van der Waals surface area contributed by atoms with Crippen molar-refractivity contribution in [3.63, 3.8) is 0 Å². The highest BCUT2D eigenvalue weighted by atomic mass is 32.2. The van der Waals surface area contributed by atoms with Crippen LogP contribution in [0.3, 0.4) is 0 Å². The van der Waals surface area contributed by atoms with Gasteiger partial charge in [0, 0.05) is 0 Å². The van der Waals surface area contributed by atoms with Crippen LogP contribution in [0, 0.1) is 17.5 Å². The zero-order chi connectivity index (χ0) is 20.1. The van der Waals surface area contributed by atoms with Crippen LogP contribution in [0.5, 0.6) is 5.75 Å². The van der Waals surface area contributed by atoms with Gasteiger partial charge in [0.15, 0.2) is 17.4 Å². The summed E-state index contributed by atoms with van der Waals surface area (Å²) in [6.45, 7) is -0.141. The summed E-state index contributed by atoms with van der Waals surface area (Å²) in [5, 5.41) is 9.96. The summed E-state index contributed by atoms with van der Waals surface area (Å²) in [4.78, 5) is 11.9. The van der Waals surface area contributed by atoms with E-state index >= 15 is 0 Å². The monoisotopic (exact) mass is 409 g/mol. The molecule has 3 aromatic rings. The molecule has 0 aliphatic rings. The van der Waals surface area contributed by atoms with E-state index in [2.05, 4.69) is 15.5 Å². The van der Waals surface area contributed by atoms with Crippen molar-refractivity contribution in [3.8, 4) is 5.75 Å². The lowest BCUT2D eigenvalue weighted by Gasteiger charge is -2.08. The van der Waals surface area contributed by atoms with E-state index in [1.807, 2.05) is 0 Å². The largest absolute Gasteiger partial charge is 0.482 e. The molecule has 0 spiro atoms. The fourth-order valence-electron chi connectivity index (χ4n) is 2.13. The molecule has 7 nitrogen and oxygen atoms in total. The first-order valence-corrected chi connectivity index (χ1v) is 8.87. The standard InChI is InChI=1S/C17H14F3N5O2S/c18-10-4-1-2-7-13(10)27-8-14-23-24-17(25(14)21)28-9-15(26)22-16-11(19)5-3-6-12(16)20/h1-7H,8-9,21H2,(H,22,26). The van der Waals surface area contributed by atoms with Crippen molar-refractivity contribution < 1.29 is 22.7 Å². The van der Waals surface area contributed by atoms with Crippen molar-refractivity contribution in [1.29, 1.82) is 0 Å². The van der Waals surface area contributed by atoms with Gasteiger partial charge in [-0.05, 0) is 24.3 Å². The molecule has 0 aliphatic carbocycles. The maximum Gasteiger partial charge on any atom is 0.235 e. The second kappa shape index (κ2) is 8.65. The number of anilines is 1. The summed E-state index contributed by atoms with van der Waals surface area (Å²) in [5.74, 6) is 2.92. The Hall–Kier alpha value is -3.21. The van der Waals surface area contributed by atoms with Crippen molar-refractivity contribution in [2.45, 2.75) is 11.8 Å². The Bertz CT molecular complexity index is 978. The Balaban J connectivity index is 1.57. The van der Waals surface area contributed by atoms with Gasteiger partial charge in [0.05, 0.1) is 5.75 Å². The van der Waals surface area contributed by atoms with E-state index < -0.39 is 29.0 Å². The van der Waals surface area contributed by atoms with Crippen LogP contribution in [0.2, 0.25) is 0 Å². The molecule has 0 unspecified atom stereocenters. The van der Waals surface area contributed by atoms with E-state index in [-0.39, 0.29) is 29.1 Å². The normalized spacial score (nSPS) is 10.7. The van der Waals surface area contributed by atoms with Crippen molar-refractivity contribution in [2.24, 2.45) is 0 Å². The molecule has 0 saturated heterocycles. The van der Waals surface area contributed by atoms with Gasteiger partial charge in [-0.15, -0.1) is 10.2 Å². The average molecular weight is 409 g/mol. The fraction of sp³-hybridized carbons (Fsp3) is 0.118. The van der Waals surface area contributed by atoms with Gasteiger partial charge in [-0.3, -0.25) is 4.79 Å². The fourth-order valence-corrected chi connectivity index (χ4v) is 2.81. The first-order chi connectivity index (χ1) is 13.5. The highest BCUT2D eigenvalue weighted by molar-refractivity contribution is 7.99. The number of nitrogens with one attached hydrogen (secondary N) is 1. The van der Waals surface area contributed by atoms with E-state index in [0.29, 0.717) is 0 Å². The van der Waals surface area contributed by atoms with Crippen LogP contribution in [0.1, 0.15) is 5.82 Å². The van der Waals surface area contributed by atoms with Gasteiger partial charge in [0.25, 0.3) is 0 Å². The van der Waals surface area contributed by atoms with Crippen LogP contribution in [0.25, 0.3) is 0 Å². The molecule has 3 N–H and O–H groups in total. The number of amides is 1. The topological polar surface area (TPSA) is 95.1 Å². The second-order valence-electron chi connectivity index (χ2n) is 5.42. The first-order valence-electron chi connectivity index (χ1n) is 7.89. The van der Waals surface area contributed by atoms with Gasteiger partial charge in [-0.2, -0.15) is 0 Å². The number of rotatable bonds is 7. The number of thioether (sulfide) groups is 1. The maximum atomic E-state index is 13.5. The summed E-state index contributed by atoms with van der Waals surface area (Å²) >= 11 is 0.910. The van der Waals surface area contributed by atoms with E-state index in [4.69, 9.17) is 10.6 Å². The summed E-state index contributed by atoms with van der Waals surface area (Å²) in [6.07, 6.45) is 0. The van der Waals surface area contributed by atoms with Crippen LogP contribution < -0.4 is 15.9 Å². The number of nitrogens with zero attached hydrogens (tertiary/aromatic N) is 3. The first kappa shape index (κ1) is 19.5. The van der Waals surface area contributed by atoms with Crippen molar-refractivity contribution in [3.05, 3.63) is 65.7 Å². The Morgan fingerprint density at radius 3 is 2.46 bits per heavy atom. The molecule has 0 fully saturated rings. The van der Waals surface area contributed by atoms with Gasteiger partial charge in [-0.1, -0.05) is 30.0 Å². The molecule has 0 atom stereocenters. The lowest BCUT2D eigenvalue weighted by Crippen LogP contribution is -2.19. The number of halogens is 3. The Morgan fingerprint density at radius 1 is 1.07 bits per heavy atom. The molecule has 28 heavy (non-hydrogen) atoms. The SMILES string of the molecule is Nn1c(COc2ccccc2F)nnc1SCC(=O)Nc1c(F)cccc1F. The molecule has 0 aliphatic heterocycles. The highest BCUT2D eigenvalue weighted by Crippen LogP contribution is 2.21. The quantitative estimate of drug-likeness (QED) is 0.460. The molecular weight excluding hydrogens is 395 g/mol. The molecule has 0 bridgehead atoms. The van der Waals surface area contributed by atoms with Gasteiger partial charge < -0.3 is 15.9 Å². The van der Waals surface area contributed by atoms with Crippen LogP contribution in [0.15, 0.2) is 47.6 Å². The number of aromatic nitrogens is 3. The third-order valence-electron chi connectivity index (χ3n) is 3.49. The van der Waals surface area contributed by atoms with Gasteiger partial charge in [-0.25, -0.2) is 17.8 Å². The summed E-state index contributed by atoms with van der Waals surface area (Å²) in [6, 6.07) is 9.10. The van der Waals surface area contributed by atoms with E-state index in [0.717, 1.165) is 28.6 Å². The predicted molar refractivity (Wildman–Crippen MR) is 96.6 cm³/mol. The third kappa shape index (κ3) is 4.55. The smallest absolute Gasteiger partial charge is 0.235 e. The molecular formula is C17H14F3N5O2S. The molecule has 1 heterocycles. The number of carbonyl (C=O) groups excluding carboxylic acids is 1. The van der Waals surface area contributed by atoms with Gasteiger partial charge in [0.2, 0.25) is 11.1 Å². The molecule has 3 rings (SSSR count). The van der Waals surface area contributed by atoms with Crippen molar-refractivity contribution >= 4 is 23.4 Å². The van der Waals surface area contributed by atoms with Crippen molar-refractivity contribution in [2.75, 3.05) is 16.9 Å². The van der Waals surface area contributed by atoms with Gasteiger partial charge in [0.1, 0.15) is 23.9 Å². The maximum absolute atomic E-state index is 13.5. The summed E-state index contributed by atoms with van der Waals surface area (Å²) in [7, 11) is 0. The van der Waals surface area contributed by atoms with Crippen LogP contribution in [0.4, 0.5) is 18.9 Å². The molecule has 11 heteroatoms. The molecule has 1 amide bonds. The van der Waals surface area contributed by atoms with E-state index in [1.54, 1.807) is 6.07 Å². The number of ether oxygens (including phenoxy) is 1. The summed E-state index contributed by atoms with van der Waals surface area (Å²) in [5.41, 5.74) is -0.527. The van der Waals surface area contributed by atoms with E-state index in [1.165, 1.54) is 24.3 Å². The number of carbonyl (C=O) groups is 1. The minimum Gasteiger partial charge on any atom is -0.482 e. The number of para-hydroxylation sites is 2. The Labute approximate surface area is 161 Å². The average Bonchev–Trinajstić information content (AvgIpc) is 3.02. The van der Waals surface area contributed by atoms with Crippen molar-refractivity contribution in [1.82, 2.24) is 14.9 Å². The second-order valence-corrected chi connectivity index (χ2v) is 6.36. The zero-order valence-corrected chi connectivity index (χ0v) is 15.0. The lowest BCUT2D eigenvalue weighted by atomic mass is 10.3. The zero-order valence-electron chi connectivity index (χ0n) is 14.2. The number of nitrogen functional groups attached to an aromatic ring is 1. The summed E-state index contributed by atoms with van der Waals surface area (Å²) < 4.78 is 47.0. The van der Waals surface area contributed by atoms with E-state index in [9.17, 15) is 18.0 Å². The minimum absolute atomic E-state index is 0.0333. The molecule has 0 saturated carbocycles. The lowest BCUT2D eigenvalue weighted by molar-refractivity contribution is -0.113.